The monoisotopic (exact) mass is 405 g/mol. The normalized spacial score (nSPS) is 15.5. The van der Waals surface area contributed by atoms with Gasteiger partial charge >= 0.3 is 6.09 Å². The van der Waals surface area contributed by atoms with E-state index in [1.165, 1.54) is 5.56 Å². The number of carbonyl (C=O) groups is 1. The molecule has 0 saturated carbocycles. The maximum atomic E-state index is 12.1. The fourth-order valence-electron chi connectivity index (χ4n) is 2.91. The lowest BCUT2D eigenvalue weighted by atomic mass is 9.92. The van der Waals surface area contributed by atoms with Crippen molar-refractivity contribution in [2.75, 3.05) is 13.1 Å². The van der Waals surface area contributed by atoms with Gasteiger partial charge in [-0.1, -0.05) is 33.8 Å². The van der Waals surface area contributed by atoms with E-state index in [9.17, 15) is 4.79 Å². The Morgan fingerprint density at radius 2 is 2.00 bits per heavy atom. The Morgan fingerprint density at radius 1 is 1.32 bits per heavy atom. The molecule has 0 unspecified atom stereocenters. The molecular weight excluding hydrogens is 378 g/mol. The fraction of sp³-hybridized carbons (Fsp3) is 0.571. The second-order valence-electron chi connectivity index (χ2n) is 7.66. The molecule has 3 nitrogen and oxygen atoms in total. The molecule has 1 aliphatic heterocycles. The second kappa shape index (κ2) is 8.76. The lowest BCUT2D eigenvalue weighted by Crippen LogP contribution is -2.41. The number of benzene rings is 1. The van der Waals surface area contributed by atoms with Crippen molar-refractivity contribution in [1.29, 1.82) is 0 Å². The van der Waals surface area contributed by atoms with E-state index in [0.717, 1.165) is 48.8 Å². The Kier molecular flexibility index (Phi) is 6.95. The summed E-state index contributed by atoms with van der Waals surface area (Å²) in [6.45, 7) is 9.38. The van der Waals surface area contributed by atoms with E-state index in [2.05, 4.69) is 40.8 Å². The van der Waals surface area contributed by atoms with Crippen LogP contribution in [0.4, 0.5) is 4.79 Å². The van der Waals surface area contributed by atoms with Gasteiger partial charge in [-0.15, -0.1) is 0 Å². The van der Waals surface area contributed by atoms with Crippen molar-refractivity contribution in [2.24, 2.45) is 5.92 Å². The van der Waals surface area contributed by atoms with Crippen LogP contribution in [-0.2, 0) is 4.74 Å². The first-order chi connectivity index (χ1) is 11.8. The van der Waals surface area contributed by atoms with Crippen molar-refractivity contribution < 1.29 is 9.53 Å². The minimum absolute atomic E-state index is 0.184. The maximum absolute atomic E-state index is 12.1. The molecule has 1 aliphatic rings. The summed E-state index contributed by atoms with van der Waals surface area (Å²) in [5.41, 5.74) is 1.86. The number of piperidine rings is 1. The van der Waals surface area contributed by atoms with Crippen molar-refractivity contribution >= 4 is 22.0 Å². The summed E-state index contributed by atoms with van der Waals surface area (Å²) in [5, 5.41) is 0. The summed E-state index contributed by atoms with van der Waals surface area (Å²) in [4.78, 5) is 13.9. The molecule has 4 heteroatoms. The summed E-state index contributed by atoms with van der Waals surface area (Å²) in [5.74, 6) is 7.24. The third kappa shape index (κ3) is 6.40. The predicted molar refractivity (Wildman–Crippen MR) is 106 cm³/mol. The molecule has 0 spiro atoms. The van der Waals surface area contributed by atoms with Gasteiger partial charge in [0.1, 0.15) is 5.60 Å². The predicted octanol–water partition coefficient (Wildman–Crippen LogP) is 5.54. The van der Waals surface area contributed by atoms with E-state index in [-0.39, 0.29) is 6.09 Å². The molecule has 1 aromatic carbocycles. The third-order valence-electron chi connectivity index (χ3n) is 4.43. The minimum atomic E-state index is -0.423. The van der Waals surface area contributed by atoms with Crippen LogP contribution in [0.2, 0.25) is 0 Å². The molecule has 1 fully saturated rings. The van der Waals surface area contributed by atoms with Crippen molar-refractivity contribution in [2.45, 2.75) is 59.0 Å². The average Bonchev–Trinajstić information content (AvgIpc) is 2.54. The van der Waals surface area contributed by atoms with E-state index in [1.807, 2.05) is 37.8 Å². The topological polar surface area (TPSA) is 29.5 Å². The van der Waals surface area contributed by atoms with Crippen LogP contribution in [0.3, 0.4) is 0 Å². The molecule has 0 radical (unpaired) electrons. The molecule has 1 heterocycles. The zero-order valence-electron chi connectivity index (χ0n) is 15.7. The number of hydrogen-bond acceptors (Lipinski definition) is 2. The Labute approximate surface area is 160 Å². The van der Waals surface area contributed by atoms with Crippen LogP contribution >= 0.6 is 15.9 Å². The highest BCUT2D eigenvalue weighted by Gasteiger charge is 2.26. The zero-order valence-corrected chi connectivity index (χ0v) is 17.3. The van der Waals surface area contributed by atoms with Gasteiger partial charge in [0.25, 0.3) is 0 Å². The van der Waals surface area contributed by atoms with Gasteiger partial charge in [-0.2, -0.15) is 0 Å². The van der Waals surface area contributed by atoms with Crippen LogP contribution in [0.5, 0.6) is 0 Å². The first-order valence-electron chi connectivity index (χ1n) is 8.98. The summed E-state index contributed by atoms with van der Waals surface area (Å²) in [7, 11) is 0. The summed E-state index contributed by atoms with van der Waals surface area (Å²) in [6.07, 6.45) is 3.90. The van der Waals surface area contributed by atoms with Gasteiger partial charge < -0.3 is 9.64 Å². The third-order valence-corrected chi connectivity index (χ3v) is 5.29. The van der Waals surface area contributed by atoms with Crippen LogP contribution < -0.4 is 0 Å². The Morgan fingerprint density at radius 3 is 2.64 bits per heavy atom. The Hall–Kier alpha value is -1.47. The molecule has 1 amide bonds. The smallest absolute Gasteiger partial charge is 0.410 e. The number of likely N-dealkylation sites (tertiary alicyclic amines) is 1. The lowest BCUT2D eigenvalue weighted by molar-refractivity contribution is 0.0182. The SMILES string of the molecule is Cc1c(Br)cccc1C#CCCC1CCN(C(=O)OC(C)(C)C)CC1. The van der Waals surface area contributed by atoms with E-state index in [1.54, 1.807) is 0 Å². The van der Waals surface area contributed by atoms with Gasteiger partial charge in [0.15, 0.2) is 0 Å². The molecular formula is C21H28BrNO2. The molecule has 1 aromatic rings. The van der Waals surface area contributed by atoms with Crippen molar-refractivity contribution in [3.8, 4) is 11.8 Å². The van der Waals surface area contributed by atoms with E-state index in [0.29, 0.717) is 5.92 Å². The number of hydrogen-bond donors (Lipinski definition) is 0. The van der Waals surface area contributed by atoms with E-state index in [4.69, 9.17) is 4.74 Å². The largest absolute Gasteiger partial charge is 0.444 e. The fourth-order valence-corrected chi connectivity index (χ4v) is 3.27. The second-order valence-corrected chi connectivity index (χ2v) is 8.52. The number of ether oxygens (including phenoxy) is 1. The van der Waals surface area contributed by atoms with Crippen LogP contribution in [0, 0.1) is 24.7 Å². The molecule has 0 aliphatic carbocycles. The molecule has 0 N–H and O–H groups in total. The highest BCUT2D eigenvalue weighted by Crippen LogP contribution is 2.23. The number of amides is 1. The van der Waals surface area contributed by atoms with Gasteiger partial charge in [-0.05, 0) is 70.6 Å². The number of halogens is 1. The number of nitrogens with zero attached hydrogens (tertiary/aromatic N) is 1. The summed E-state index contributed by atoms with van der Waals surface area (Å²) >= 11 is 3.54. The van der Waals surface area contributed by atoms with Crippen LogP contribution in [0.1, 0.15) is 57.6 Å². The van der Waals surface area contributed by atoms with Gasteiger partial charge in [-0.3, -0.25) is 0 Å². The molecule has 0 aromatic heterocycles. The summed E-state index contributed by atoms with van der Waals surface area (Å²) in [6, 6.07) is 6.12. The first-order valence-corrected chi connectivity index (χ1v) is 9.77. The van der Waals surface area contributed by atoms with Gasteiger partial charge in [0.05, 0.1) is 0 Å². The maximum Gasteiger partial charge on any atom is 0.410 e. The van der Waals surface area contributed by atoms with Gasteiger partial charge in [-0.25, -0.2) is 4.79 Å². The van der Waals surface area contributed by atoms with Crippen molar-refractivity contribution in [3.05, 3.63) is 33.8 Å². The van der Waals surface area contributed by atoms with E-state index >= 15 is 0 Å². The molecule has 2 rings (SSSR count). The van der Waals surface area contributed by atoms with Gasteiger partial charge in [0.2, 0.25) is 0 Å². The lowest BCUT2D eigenvalue weighted by Gasteiger charge is -2.33. The standard InChI is InChI=1S/C21H28BrNO2/c1-16-18(10-7-11-19(16)22)9-6-5-8-17-12-14-23(15-13-17)20(24)25-21(2,3)4/h7,10-11,17H,5,8,12-15H2,1-4H3. The van der Waals surface area contributed by atoms with Crippen LogP contribution in [-0.4, -0.2) is 29.7 Å². The number of rotatable bonds is 2. The van der Waals surface area contributed by atoms with Crippen LogP contribution in [0.25, 0.3) is 0 Å². The average molecular weight is 406 g/mol. The van der Waals surface area contributed by atoms with E-state index < -0.39 is 5.60 Å². The molecule has 0 atom stereocenters. The van der Waals surface area contributed by atoms with Crippen LogP contribution in [0.15, 0.2) is 22.7 Å². The quantitative estimate of drug-likeness (QED) is 0.604. The van der Waals surface area contributed by atoms with Crippen molar-refractivity contribution in [1.82, 2.24) is 4.90 Å². The highest BCUT2D eigenvalue weighted by molar-refractivity contribution is 9.10. The Bertz CT molecular complexity index is 659. The highest BCUT2D eigenvalue weighted by atomic mass is 79.9. The summed E-state index contributed by atoms with van der Waals surface area (Å²) < 4.78 is 6.55. The molecule has 1 saturated heterocycles. The first kappa shape index (κ1) is 19.8. The molecule has 25 heavy (non-hydrogen) atoms. The zero-order chi connectivity index (χ0) is 18.4. The molecule has 136 valence electrons. The molecule has 0 bridgehead atoms. The van der Waals surface area contributed by atoms with Crippen molar-refractivity contribution in [3.63, 3.8) is 0 Å². The number of carbonyl (C=O) groups excluding carboxylic acids is 1. The van der Waals surface area contributed by atoms with Gasteiger partial charge in [0, 0.05) is 29.5 Å². The minimum Gasteiger partial charge on any atom is -0.444 e. The Balaban J connectivity index is 1.75.